The molecule has 1 aliphatic carbocycles. The maximum absolute atomic E-state index is 13.1. The first-order chi connectivity index (χ1) is 13.6. The molecule has 1 aromatic carbocycles. The molecular weight excluding hydrogens is 372 g/mol. The second kappa shape index (κ2) is 6.81. The minimum absolute atomic E-state index is 0.0723. The maximum Gasteiger partial charge on any atom is 0.279 e. The molecule has 0 saturated carbocycles. The molecule has 2 aromatic heterocycles. The van der Waals surface area contributed by atoms with Gasteiger partial charge < -0.3 is 4.90 Å². The van der Waals surface area contributed by atoms with Crippen molar-refractivity contribution in [3.8, 4) is 0 Å². The Balaban J connectivity index is 1.49. The van der Waals surface area contributed by atoms with Gasteiger partial charge in [0.2, 0.25) is 5.91 Å². The van der Waals surface area contributed by atoms with Crippen LogP contribution in [0.4, 0.5) is 5.69 Å². The fourth-order valence-electron chi connectivity index (χ4n) is 4.40. The molecule has 0 bridgehead atoms. The second-order valence-corrected chi connectivity index (χ2v) is 8.95. The summed E-state index contributed by atoms with van der Waals surface area (Å²) in [6.45, 7) is 2.84. The van der Waals surface area contributed by atoms with Crippen LogP contribution < -0.4 is 10.5 Å². The number of aryl methyl sites for hydroxylation is 2. The van der Waals surface area contributed by atoms with Gasteiger partial charge in [-0.3, -0.25) is 9.59 Å². The molecule has 1 amide bonds. The summed E-state index contributed by atoms with van der Waals surface area (Å²) in [6, 6.07) is 7.98. The van der Waals surface area contributed by atoms with Gasteiger partial charge >= 0.3 is 0 Å². The molecule has 1 atom stereocenters. The van der Waals surface area contributed by atoms with Crippen LogP contribution in [0.3, 0.4) is 0 Å². The Labute approximate surface area is 166 Å². The van der Waals surface area contributed by atoms with Gasteiger partial charge in [0.1, 0.15) is 6.54 Å². The van der Waals surface area contributed by atoms with Crippen molar-refractivity contribution in [2.24, 2.45) is 5.92 Å². The molecule has 2 aliphatic rings. The fourth-order valence-corrected chi connectivity index (χ4v) is 5.72. The quantitative estimate of drug-likeness (QED) is 0.670. The van der Waals surface area contributed by atoms with E-state index in [4.69, 9.17) is 0 Å². The summed E-state index contributed by atoms with van der Waals surface area (Å²) < 4.78 is 1.24. The topological polar surface area (TPSA) is 68.1 Å². The Morgan fingerprint density at radius 3 is 3.04 bits per heavy atom. The van der Waals surface area contributed by atoms with Crippen molar-refractivity contribution in [2.75, 3.05) is 11.4 Å². The number of benzene rings is 1. The highest BCUT2D eigenvalue weighted by Gasteiger charge is 2.26. The van der Waals surface area contributed by atoms with E-state index in [-0.39, 0.29) is 18.0 Å². The molecule has 0 fully saturated rings. The Hall–Kier alpha value is -2.54. The molecule has 0 N–H and O–H groups in total. The summed E-state index contributed by atoms with van der Waals surface area (Å²) in [5.41, 5.74) is 3.07. The smallest absolute Gasteiger partial charge is 0.279 e. The van der Waals surface area contributed by atoms with Crippen molar-refractivity contribution >= 4 is 33.1 Å². The number of fused-ring (bicyclic) bond motifs is 4. The van der Waals surface area contributed by atoms with Crippen LogP contribution in [0.25, 0.3) is 10.2 Å². The average Bonchev–Trinajstić information content (AvgIpc) is 3.07. The van der Waals surface area contributed by atoms with E-state index in [1.54, 1.807) is 16.2 Å². The zero-order valence-electron chi connectivity index (χ0n) is 15.9. The van der Waals surface area contributed by atoms with Crippen LogP contribution in [0.5, 0.6) is 0 Å². The molecule has 6 nitrogen and oxygen atoms in total. The summed E-state index contributed by atoms with van der Waals surface area (Å²) >= 11 is 1.58. The second-order valence-electron chi connectivity index (χ2n) is 7.86. The first kappa shape index (κ1) is 17.6. The molecule has 3 aromatic rings. The molecule has 0 radical (unpaired) electrons. The third-order valence-electron chi connectivity index (χ3n) is 5.88. The zero-order valence-corrected chi connectivity index (χ0v) is 16.7. The third-order valence-corrected chi connectivity index (χ3v) is 7.02. The van der Waals surface area contributed by atoms with Gasteiger partial charge in [0, 0.05) is 17.1 Å². The number of para-hydroxylation sites is 1. The summed E-state index contributed by atoms with van der Waals surface area (Å²) in [7, 11) is 0. The molecule has 1 unspecified atom stereocenters. The molecule has 0 saturated heterocycles. The monoisotopic (exact) mass is 394 g/mol. The van der Waals surface area contributed by atoms with Crippen molar-refractivity contribution in [2.45, 2.75) is 45.6 Å². The van der Waals surface area contributed by atoms with E-state index >= 15 is 0 Å². The number of aromatic nitrogens is 3. The lowest BCUT2D eigenvalue weighted by Crippen LogP contribution is -2.40. The van der Waals surface area contributed by atoms with Crippen LogP contribution in [0, 0.1) is 5.92 Å². The first-order valence-electron chi connectivity index (χ1n) is 9.88. The predicted octanol–water partition coefficient (Wildman–Crippen LogP) is 2.96. The Morgan fingerprint density at radius 1 is 1.29 bits per heavy atom. The molecule has 7 heteroatoms. The van der Waals surface area contributed by atoms with Crippen LogP contribution >= 0.6 is 11.3 Å². The summed E-state index contributed by atoms with van der Waals surface area (Å²) in [5, 5.41) is 9.03. The van der Waals surface area contributed by atoms with E-state index in [9.17, 15) is 9.59 Å². The number of hydrogen-bond acceptors (Lipinski definition) is 5. The molecule has 3 heterocycles. The van der Waals surface area contributed by atoms with Gasteiger partial charge in [-0.05, 0) is 55.2 Å². The van der Waals surface area contributed by atoms with E-state index in [0.717, 1.165) is 43.4 Å². The third kappa shape index (κ3) is 2.85. The van der Waals surface area contributed by atoms with Gasteiger partial charge in [-0.15, -0.1) is 16.4 Å². The number of nitrogens with zero attached hydrogens (tertiary/aromatic N) is 4. The van der Waals surface area contributed by atoms with Gasteiger partial charge in [-0.1, -0.05) is 30.3 Å². The number of rotatable bonds is 2. The maximum atomic E-state index is 13.1. The lowest BCUT2D eigenvalue weighted by Gasteiger charge is -2.29. The molecule has 5 rings (SSSR count). The Kier molecular flexibility index (Phi) is 4.27. The number of carbonyl (C=O) groups excluding carboxylic acids is 1. The number of anilines is 1. The van der Waals surface area contributed by atoms with Gasteiger partial charge in [0.25, 0.3) is 5.56 Å². The number of thiophene rings is 1. The van der Waals surface area contributed by atoms with Crippen molar-refractivity contribution in [3.05, 3.63) is 50.6 Å². The van der Waals surface area contributed by atoms with Crippen molar-refractivity contribution in [1.29, 1.82) is 0 Å². The average molecular weight is 395 g/mol. The largest absolute Gasteiger partial charge is 0.311 e. The standard InChI is InChI=1S/C21H22N4O2S/c1-13-8-9-15-17(11-13)28-20-19(15)21(27)25(23-22-20)12-18(26)24-10-4-6-14-5-2-3-7-16(14)24/h2-3,5,7,13H,4,6,8-12H2,1H3. The van der Waals surface area contributed by atoms with Gasteiger partial charge in [0.05, 0.1) is 5.39 Å². The van der Waals surface area contributed by atoms with Crippen LogP contribution in [0.2, 0.25) is 0 Å². The van der Waals surface area contributed by atoms with E-state index in [1.165, 1.54) is 15.1 Å². The normalized spacial score (nSPS) is 18.8. The first-order valence-corrected chi connectivity index (χ1v) is 10.7. The lowest BCUT2D eigenvalue weighted by atomic mass is 9.89. The molecular formula is C21H22N4O2S. The summed E-state index contributed by atoms with van der Waals surface area (Å²) in [4.78, 5) is 29.8. The minimum atomic E-state index is -0.185. The van der Waals surface area contributed by atoms with E-state index in [0.29, 0.717) is 22.7 Å². The van der Waals surface area contributed by atoms with Crippen LogP contribution in [0.15, 0.2) is 29.1 Å². The lowest BCUT2D eigenvalue weighted by molar-refractivity contribution is -0.119. The molecule has 144 valence electrons. The molecule has 0 spiro atoms. The Bertz CT molecular complexity index is 1130. The van der Waals surface area contributed by atoms with Gasteiger partial charge in [0.15, 0.2) is 4.83 Å². The van der Waals surface area contributed by atoms with Crippen LogP contribution in [-0.2, 0) is 30.6 Å². The number of hydrogen-bond donors (Lipinski definition) is 0. The molecule has 28 heavy (non-hydrogen) atoms. The van der Waals surface area contributed by atoms with Gasteiger partial charge in [-0.25, -0.2) is 4.68 Å². The molecule has 1 aliphatic heterocycles. The number of amides is 1. The summed E-state index contributed by atoms with van der Waals surface area (Å²) in [6.07, 6.45) is 4.90. The SMILES string of the molecule is CC1CCc2c(sc3nnn(CC(=O)N4CCCc5ccccc54)c(=O)c23)C1. The fraction of sp³-hybridized carbons (Fsp3) is 0.429. The van der Waals surface area contributed by atoms with Crippen molar-refractivity contribution in [1.82, 2.24) is 15.0 Å². The van der Waals surface area contributed by atoms with Gasteiger partial charge in [-0.2, -0.15) is 0 Å². The van der Waals surface area contributed by atoms with Crippen LogP contribution in [0.1, 0.15) is 35.8 Å². The highest BCUT2D eigenvalue weighted by molar-refractivity contribution is 7.18. The van der Waals surface area contributed by atoms with Crippen molar-refractivity contribution in [3.63, 3.8) is 0 Å². The summed E-state index contributed by atoms with van der Waals surface area (Å²) in [5.74, 6) is 0.525. The number of carbonyl (C=O) groups is 1. The van der Waals surface area contributed by atoms with E-state index in [1.807, 2.05) is 18.2 Å². The van der Waals surface area contributed by atoms with E-state index in [2.05, 4.69) is 23.3 Å². The van der Waals surface area contributed by atoms with Crippen LogP contribution in [-0.4, -0.2) is 27.4 Å². The highest BCUT2D eigenvalue weighted by Crippen LogP contribution is 2.35. The van der Waals surface area contributed by atoms with Crippen molar-refractivity contribution < 1.29 is 4.79 Å². The highest BCUT2D eigenvalue weighted by atomic mass is 32.1. The minimum Gasteiger partial charge on any atom is -0.311 e. The zero-order chi connectivity index (χ0) is 19.3. The Morgan fingerprint density at radius 2 is 2.14 bits per heavy atom. The van der Waals surface area contributed by atoms with E-state index < -0.39 is 0 Å². The predicted molar refractivity (Wildman–Crippen MR) is 110 cm³/mol.